The molecule has 1 aromatic heterocycles. The molecule has 8 heteroatoms. The molecule has 0 atom stereocenters. The van der Waals surface area contributed by atoms with Crippen molar-refractivity contribution in [2.75, 3.05) is 0 Å². The summed E-state index contributed by atoms with van der Waals surface area (Å²) in [5, 5.41) is 10.3. The first-order valence-corrected chi connectivity index (χ1v) is 3.55. The predicted octanol–water partition coefficient (Wildman–Crippen LogP) is 1.88. The lowest BCUT2D eigenvalue weighted by molar-refractivity contribution is -0.386. The van der Waals surface area contributed by atoms with Crippen LogP contribution in [0, 0.1) is 15.9 Å². The molecule has 80 valence electrons. The van der Waals surface area contributed by atoms with E-state index < -0.39 is 34.2 Å². The maximum absolute atomic E-state index is 12.8. The van der Waals surface area contributed by atoms with Gasteiger partial charge in [-0.3, -0.25) is 14.9 Å². The number of rotatable bonds is 3. The fraction of sp³-hybridized carbons (Fsp3) is 0.143. The Morgan fingerprint density at radius 1 is 1.53 bits per heavy atom. The SMILES string of the molecule is O=Cc1nc(C(F)F)c([N+](=O)[O-])cc1F. The van der Waals surface area contributed by atoms with Gasteiger partial charge >= 0.3 is 0 Å². The van der Waals surface area contributed by atoms with Crippen molar-refractivity contribution < 1.29 is 22.9 Å². The third-order valence-corrected chi connectivity index (χ3v) is 1.53. The molecule has 0 amide bonds. The van der Waals surface area contributed by atoms with Gasteiger partial charge in [-0.1, -0.05) is 0 Å². The first kappa shape index (κ1) is 11.1. The number of aldehydes is 1. The lowest BCUT2D eigenvalue weighted by atomic mass is 10.2. The van der Waals surface area contributed by atoms with Gasteiger partial charge in [-0.2, -0.15) is 0 Å². The average Bonchev–Trinajstić information content (AvgIpc) is 2.16. The van der Waals surface area contributed by atoms with Gasteiger partial charge in [-0.05, 0) is 0 Å². The minimum atomic E-state index is -3.25. The van der Waals surface area contributed by atoms with Gasteiger partial charge in [0, 0.05) is 0 Å². The Kier molecular flexibility index (Phi) is 2.98. The van der Waals surface area contributed by atoms with E-state index in [0.717, 1.165) is 0 Å². The van der Waals surface area contributed by atoms with Gasteiger partial charge in [0.05, 0.1) is 11.0 Å². The number of hydrogen-bond acceptors (Lipinski definition) is 4. The summed E-state index contributed by atoms with van der Waals surface area (Å²) in [6, 6.07) is 0.248. The largest absolute Gasteiger partial charge is 0.299 e. The molecule has 0 saturated carbocycles. The summed E-state index contributed by atoms with van der Waals surface area (Å²) in [4.78, 5) is 22.1. The Morgan fingerprint density at radius 2 is 2.13 bits per heavy atom. The lowest BCUT2D eigenvalue weighted by Gasteiger charge is -2.02. The third kappa shape index (κ3) is 2.09. The number of carbonyl (C=O) groups excluding carboxylic acids is 1. The van der Waals surface area contributed by atoms with E-state index in [0.29, 0.717) is 0 Å². The second-order valence-electron chi connectivity index (χ2n) is 2.44. The Bertz CT molecular complexity index is 422. The van der Waals surface area contributed by atoms with Crippen LogP contribution in [0.1, 0.15) is 22.6 Å². The van der Waals surface area contributed by atoms with Crippen molar-refractivity contribution in [2.45, 2.75) is 6.43 Å². The van der Waals surface area contributed by atoms with Crippen LogP contribution in [-0.2, 0) is 0 Å². The molecule has 0 aromatic carbocycles. The third-order valence-electron chi connectivity index (χ3n) is 1.53. The quantitative estimate of drug-likeness (QED) is 0.442. The van der Waals surface area contributed by atoms with E-state index in [4.69, 9.17) is 0 Å². The molecule has 0 bridgehead atoms. The number of pyridine rings is 1. The van der Waals surface area contributed by atoms with E-state index in [9.17, 15) is 28.1 Å². The Labute approximate surface area is 80.7 Å². The molecule has 1 heterocycles. The van der Waals surface area contributed by atoms with Crippen LogP contribution < -0.4 is 0 Å². The number of hydrogen-bond donors (Lipinski definition) is 0. The van der Waals surface area contributed by atoms with Crippen molar-refractivity contribution in [2.24, 2.45) is 0 Å². The highest BCUT2D eigenvalue weighted by molar-refractivity contribution is 5.72. The van der Waals surface area contributed by atoms with Gasteiger partial charge in [-0.25, -0.2) is 18.2 Å². The van der Waals surface area contributed by atoms with Crippen molar-refractivity contribution in [1.82, 2.24) is 4.98 Å². The zero-order valence-electron chi connectivity index (χ0n) is 6.99. The van der Waals surface area contributed by atoms with Gasteiger partial charge in [0.15, 0.2) is 17.8 Å². The molecule has 15 heavy (non-hydrogen) atoms. The van der Waals surface area contributed by atoms with E-state index in [-0.39, 0.29) is 12.4 Å². The lowest BCUT2D eigenvalue weighted by Crippen LogP contribution is -2.04. The molecule has 0 spiro atoms. The van der Waals surface area contributed by atoms with Crippen molar-refractivity contribution in [1.29, 1.82) is 0 Å². The second-order valence-corrected chi connectivity index (χ2v) is 2.44. The summed E-state index contributed by atoms with van der Waals surface area (Å²) in [6.07, 6.45) is -3.34. The van der Waals surface area contributed by atoms with Crippen molar-refractivity contribution in [3.8, 4) is 0 Å². The Hall–Kier alpha value is -1.99. The molecule has 0 aliphatic rings. The van der Waals surface area contributed by atoms with Crippen molar-refractivity contribution in [3.05, 3.63) is 33.4 Å². The smallest absolute Gasteiger partial charge is 0.296 e. The molecule has 1 rings (SSSR count). The first-order valence-electron chi connectivity index (χ1n) is 3.55. The minimum Gasteiger partial charge on any atom is -0.296 e. The van der Waals surface area contributed by atoms with Crippen LogP contribution in [0.3, 0.4) is 0 Å². The highest BCUT2D eigenvalue weighted by Gasteiger charge is 2.26. The fourth-order valence-electron chi connectivity index (χ4n) is 0.898. The van der Waals surface area contributed by atoms with Gasteiger partial charge in [0.1, 0.15) is 5.69 Å². The first-order chi connectivity index (χ1) is 6.97. The van der Waals surface area contributed by atoms with E-state index in [2.05, 4.69) is 4.98 Å². The molecule has 0 fully saturated rings. The van der Waals surface area contributed by atoms with Gasteiger partial charge in [0.2, 0.25) is 0 Å². The van der Waals surface area contributed by atoms with Crippen molar-refractivity contribution >= 4 is 12.0 Å². The zero-order valence-corrected chi connectivity index (χ0v) is 6.99. The predicted molar refractivity (Wildman–Crippen MR) is 41.2 cm³/mol. The second kappa shape index (κ2) is 4.03. The van der Waals surface area contributed by atoms with Crippen molar-refractivity contribution in [3.63, 3.8) is 0 Å². The normalized spacial score (nSPS) is 10.4. The molecule has 0 radical (unpaired) electrons. The summed E-state index contributed by atoms with van der Waals surface area (Å²) in [6.45, 7) is 0. The molecule has 5 nitrogen and oxygen atoms in total. The van der Waals surface area contributed by atoms with E-state index in [1.807, 2.05) is 0 Å². The molecule has 0 aliphatic carbocycles. The summed E-state index contributed by atoms with van der Waals surface area (Å²) < 4.78 is 37.3. The van der Waals surface area contributed by atoms with Gasteiger partial charge < -0.3 is 0 Å². The Morgan fingerprint density at radius 3 is 2.53 bits per heavy atom. The van der Waals surface area contributed by atoms with E-state index >= 15 is 0 Å². The fourth-order valence-corrected chi connectivity index (χ4v) is 0.898. The summed E-state index contributed by atoms with van der Waals surface area (Å²) >= 11 is 0. The van der Waals surface area contributed by atoms with Gasteiger partial charge in [-0.15, -0.1) is 0 Å². The summed E-state index contributed by atoms with van der Waals surface area (Å²) in [7, 11) is 0. The van der Waals surface area contributed by atoms with E-state index in [1.54, 1.807) is 0 Å². The molecule has 0 saturated heterocycles. The number of nitrogens with zero attached hydrogens (tertiary/aromatic N) is 2. The molecule has 1 aromatic rings. The van der Waals surface area contributed by atoms with Crippen LogP contribution in [-0.4, -0.2) is 16.2 Å². The minimum absolute atomic E-state index is 0.0923. The van der Waals surface area contributed by atoms with Crippen LogP contribution >= 0.6 is 0 Å². The highest BCUT2D eigenvalue weighted by atomic mass is 19.3. The number of halogens is 3. The monoisotopic (exact) mass is 220 g/mol. The number of aromatic nitrogens is 1. The number of nitro groups is 1. The Balaban J connectivity index is 3.45. The van der Waals surface area contributed by atoms with Crippen LogP contribution in [0.25, 0.3) is 0 Å². The van der Waals surface area contributed by atoms with Crippen LogP contribution in [0.4, 0.5) is 18.9 Å². The zero-order chi connectivity index (χ0) is 11.6. The summed E-state index contributed by atoms with van der Waals surface area (Å²) in [5.41, 5.74) is -3.24. The van der Waals surface area contributed by atoms with Gasteiger partial charge in [0.25, 0.3) is 12.1 Å². The molecule has 0 N–H and O–H groups in total. The number of alkyl halides is 2. The average molecular weight is 220 g/mol. The standard InChI is InChI=1S/C7H3F3N2O3/c8-3-1-5(12(14)15)6(7(9)10)11-4(3)2-13/h1-2,7H. The maximum atomic E-state index is 12.8. The van der Waals surface area contributed by atoms with Crippen LogP contribution in [0.5, 0.6) is 0 Å². The number of carbonyl (C=O) groups is 1. The highest BCUT2D eigenvalue weighted by Crippen LogP contribution is 2.27. The molecular weight excluding hydrogens is 217 g/mol. The van der Waals surface area contributed by atoms with E-state index in [1.165, 1.54) is 0 Å². The maximum Gasteiger partial charge on any atom is 0.299 e. The topological polar surface area (TPSA) is 73.1 Å². The molecular formula is C7H3F3N2O3. The molecule has 0 unspecified atom stereocenters. The summed E-state index contributed by atoms with van der Waals surface area (Å²) in [5.74, 6) is -1.30. The van der Waals surface area contributed by atoms with Crippen LogP contribution in [0.2, 0.25) is 0 Å². The van der Waals surface area contributed by atoms with Crippen LogP contribution in [0.15, 0.2) is 6.07 Å². The molecule has 0 aliphatic heterocycles.